The summed E-state index contributed by atoms with van der Waals surface area (Å²) in [7, 11) is 0. The van der Waals surface area contributed by atoms with Crippen molar-refractivity contribution in [2.75, 3.05) is 13.1 Å². The first kappa shape index (κ1) is 15.6. The number of fused-ring (bicyclic) bond motifs is 1. The molecule has 1 N–H and O–H groups in total. The highest BCUT2D eigenvalue weighted by molar-refractivity contribution is 5.35. The minimum atomic E-state index is -0.318. The van der Waals surface area contributed by atoms with Crippen LogP contribution < -0.4 is 0 Å². The lowest BCUT2D eigenvalue weighted by atomic mass is 9.96. The van der Waals surface area contributed by atoms with Crippen molar-refractivity contribution in [1.29, 1.82) is 0 Å². The summed E-state index contributed by atoms with van der Waals surface area (Å²) in [4.78, 5) is 2.49. The zero-order valence-electron chi connectivity index (χ0n) is 14.0. The van der Waals surface area contributed by atoms with E-state index >= 15 is 0 Å². The lowest BCUT2D eigenvalue weighted by Gasteiger charge is -2.38. The molecular formula is C20H29NO2. The number of hydrogen-bond acceptors (Lipinski definition) is 3. The first-order valence-electron chi connectivity index (χ1n) is 9.46. The van der Waals surface area contributed by atoms with Crippen molar-refractivity contribution in [2.45, 2.75) is 75.7 Å². The Morgan fingerprint density at radius 3 is 2.35 bits per heavy atom. The molecule has 2 aliphatic carbocycles. The van der Waals surface area contributed by atoms with Crippen molar-refractivity contribution in [3.05, 3.63) is 35.4 Å². The third-order valence-electron chi connectivity index (χ3n) is 6.05. The minimum absolute atomic E-state index is 0.267. The second-order valence-corrected chi connectivity index (χ2v) is 7.55. The summed E-state index contributed by atoms with van der Waals surface area (Å²) < 4.78 is 6.34. The highest BCUT2D eigenvalue weighted by Crippen LogP contribution is 2.36. The van der Waals surface area contributed by atoms with Gasteiger partial charge in [0.05, 0.1) is 18.3 Å². The Morgan fingerprint density at radius 1 is 0.913 bits per heavy atom. The summed E-state index contributed by atoms with van der Waals surface area (Å²) in [6.07, 6.45) is 10.5. The third kappa shape index (κ3) is 3.33. The smallest absolute Gasteiger partial charge is 0.0951 e. The van der Waals surface area contributed by atoms with Crippen LogP contribution in [0, 0.1) is 0 Å². The molecular weight excluding hydrogens is 286 g/mol. The number of nitrogens with zero attached hydrogens (tertiary/aromatic N) is 1. The molecule has 0 spiro atoms. The molecule has 126 valence electrons. The van der Waals surface area contributed by atoms with Crippen LogP contribution in [0.4, 0.5) is 0 Å². The Hall–Kier alpha value is -0.900. The molecule has 3 nitrogen and oxygen atoms in total. The van der Waals surface area contributed by atoms with E-state index in [-0.39, 0.29) is 12.1 Å². The molecule has 3 heteroatoms. The SMILES string of the molecule is OC1c2ccccc2CC1N1CCC(OC2CCCCC2)CC1. The number of aliphatic hydroxyl groups is 1. The Kier molecular flexibility index (Phi) is 4.70. The Labute approximate surface area is 139 Å². The molecule has 0 radical (unpaired) electrons. The van der Waals surface area contributed by atoms with Gasteiger partial charge in [-0.25, -0.2) is 0 Å². The maximum atomic E-state index is 10.6. The van der Waals surface area contributed by atoms with Gasteiger partial charge in [-0.2, -0.15) is 0 Å². The van der Waals surface area contributed by atoms with E-state index in [9.17, 15) is 5.11 Å². The number of piperidine rings is 1. The molecule has 2 unspecified atom stereocenters. The lowest BCUT2D eigenvalue weighted by molar-refractivity contribution is -0.0666. The fraction of sp³-hybridized carbons (Fsp3) is 0.700. The molecule has 0 bridgehead atoms. The van der Waals surface area contributed by atoms with Crippen molar-refractivity contribution in [3.8, 4) is 0 Å². The van der Waals surface area contributed by atoms with Crippen LogP contribution in [0.3, 0.4) is 0 Å². The van der Waals surface area contributed by atoms with Gasteiger partial charge in [0, 0.05) is 19.1 Å². The van der Waals surface area contributed by atoms with Crippen molar-refractivity contribution in [2.24, 2.45) is 0 Å². The molecule has 1 aromatic rings. The molecule has 2 fully saturated rings. The maximum Gasteiger partial charge on any atom is 0.0951 e. The number of ether oxygens (including phenoxy) is 1. The summed E-state index contributed by atoms with van der Waals surface area (Å²) >= 11 is 0. The number of aliphatic hydroxyl groups excluding tert-OH is 1. The fourth-order valence-electron chi connectivity index (χ4n) is 4.70. The van der Waals surface area contributed by atoms with Gasteiger partial charge < -0.3 is 9.84 Å². The van der Waals surface area contributed by atoms with Gasteiger partial charge in [-0.3, -0.25) is 4.90 Å². The topological polar surface area (TPSA) is 32.7 Å². The summed E-state index contributed by atoms with van der Waals surface area (Å²) in [6.45, 7) is 2.13. The highest BCUT2D eigenvalue weighted by Gasteiger charge is 2.36. The van der Waals surface area contributed by atoms with Crippen molar-refractivity contribution < 1.29 is 9.84 Å². The van der Waals surface area contributed by atoms with E-state index in [1.54, 1.807) is 0 Å². The van der Waals surface area contributed by atoms with Crippen LogP contribution in [0.2, 0.25) is 0 Å². The Morgan fingerprint density at radius 2 is 1.61 bits per heavy atom. The summed E-state index contributed by atoms with van der Waals surface area (Å²) in [5, 5.41) is 10.6. The average molecular weight is 315 g/mol. The Balaban J connectivity index is 1.30. The summed E-state index contributed by atoms with van der Waals surface area (Å²) in [5.41, 5.74) is 2.46. The van der Waals surface area contributed by atoms with E-state index < -0.39 is 0 Å². The zero-order valence-corrected chi connectivity index (χ0v) is 14.0. The largest absolute Gasteiger partial charge is 0.387 e. The van der Waals surface area contributed by atoms with Crippen molar-refractivity contribution in [1.82, 2.24) is 4.90 Å². The second kappa shape index (κ2) is 6.92. The van der Waals surface area contributed by atoms with Gasteiger partial charge in [-0.05, 0) is 43.2 Å². The standard InChI is InChI=1S/C20H29NO2/c22-20-18-9-5-4-6-15(18)14-19(20)21-12-10-17(11-13-21)23-16-7-2-1-3-8-16/h4-6,9,16-17,19-20,22H,1-3,7-8,10-14H2. The van der Waals surface area contributed by atoms with Gasteiger partial charge in [0.25, 0.3) is 0 Å². The molecule has 4 rings (SSSR count). The minimum Gasteiger partial charge on any atom is -0.387 e. The van der Waals surface area contributed by atoms with E-state index in [0.29, 0.717) is 12.2 Å². The first-order chi connectivity index (χ1) is 11.3. The number of benzene rings is 1. The number of likely N-dealkylation sites (tertiary alicyclic amines) is 1. The molecule has 0 aromatic heterocycles. The molecule has 1 aromatic carbocycles. The monoisotopic (exact) mass is 315 g/mol. The highest BCUT2D eigenvalue weighted by atomic mass is 16.5. The predicted octanol–water partition coefficient (Wildman–Crippen LogP) is 3.46. The van der Waals surface area contributed by atoms with Crippen LogP contribution in [-0.2, 0) is 11.2 Å². The van der Waals surface area contributed by atoms with Gasteiger partial charge >= 0.3 is 0 Å². The first-order valence-corrected chi connectivity index (χ1v) is 9.46. The average Bonchev–Trinajstić information content (AvgIpc) is 2.94. The Bertz CT molecular complexity index is 518. The summed E-state index contributed by atoms with van der Waals surface area (Å²) in [6, 6.07) is 8.63. The van der Waals surface area contributed by atoms with E-state index in [4.69, 9.17) is 4.74 Å². The second-order valence-electron chi connectivity index (χ2n) is 7.55. The van der Waals surface area contributed by atoms with E-state index in [1.807, 2.05) is 6.07 Å². The molecule has 1 saturated heterocycles. The number of hydrogen-bond donors (Lipinski definition) is 1. The van der Waals surface area contributed by atoms with Crippen LogP contribution in [0.25, 0.3) is 0 Å². The molecule has 1 saturated carbocycles. The van der Waals surface area contributed by atoms with Crippen molar-refractivity contribution in [3.63, 3.8) is 0 Å². The normalized spacial score (nSPS) is 30.5. The maximum absolute atomic E-state index is 10.6. The molecule has 0 amide bonds. The van der Waals surface area contributed by atoms with Gasteiger partial charge in [0.1, 0.15) is 0 Å². The summed E-state index contributed by atoms with van der Waals surface area (Å²) in [5.74, 6) is 0. The fourth-order valence-corrected chi connectivity index (χ4v) is 4.70. The van der Waals surface area contributed by atoms with Crippen LogP contribution in [-0.4, -0.2) is 41.3 Å². The van der Waals surface area contributed by atoms with E-state index in [1.165, 1.54) is 37.7 Å². The lowest BCUT2D eigenvalue weighted by Crippen LogP contribution is -2.45. The zero-order chi connectivity index (χ0) is 15.6. The van der Waals surface area contributed by atoms with Crippen molar-refractivity contribution >= 4 is 0 Å². The van der Waals surface area contributed by atoms with Gasteiger partial charge in [-0.1, -0.05) is 43.5 Å². The van der Waals surface area contributed by atoms with Gasteiger partial charge in [-0.15, -0.1) is 0 Å². The number of rotatable bonds is 3. The van der Waals surface area contributed by atoms with Crippen LogP contribution in [0.1, 0.15) is 62.2 Å². The van der Waals surface area contributed by atoms with Gasteiger partial charge in [0.15, 0.2) is 0 Å². The molecule has 3 aliphatic rings. The molecule has 2 atom stereocenters. The van der Waals surface area contributed by atoms with Crippen LogP contribution >= 0.6 is 0 Å². The molecule has 23 heavy (non-hydrogen) atoms. The van der Waals surface area contributed by atoms with Crippen LogP contribution in [0.5, 0.6) is 0 Å². The van der Waals surface area contributed by atoms with Crippen LogP contribution in [0.15, 0.2) is 24.3 Å². The van der Waals surface area contributed by atoms with E-state index in [2.05, 4.69) is 23.1 Å². The third-order valence-corrected chi connectivity index (χ3v) is 6.05. The van der Waals surface area contributed by atoms with Gasteiger partial charge in [0.2, 0.25) is 0 Å². The van der Waals surface area contributed by atoms with E-state index in [0.717, 1.165) is 37.9 Å². The molecule has 1 aliphatic heterocycles. The predicted molar refractivity (Wildman–Crippen MR) is 91.4 cm³/mol. The molecule has 1 heterocycles. The quantitative estimate of drug-likeness (QED) is 0.927.